The van der Waals surface area contributed by atoms with Crippen LogP contribution in [0.15, 0.2) is 57.8 Å². The monoisotopic (exact) mass is 523 g/mol. The van der Waals surface area contributed by atoms with Gasteiger partial charge in [0, 0.05) is 10.9 Å². The number of amides is 1. The quantitative estimate of drug-likeness (QED) is 0.151. The Morgan fingerprint density at radius 3 is 2.42 bits per heavy atom. The summed E-state index contributed by atoms with van der Waals surface area (Å²) >= 11 is 0. The fourth-order valence-electron chi connectivity index (χ4n) is 3.99. The van der Waals surface area contributed by atoms with E-state index in [9.17, 15) is 9.90 Å². The summed E-state index contributed by atoms with van der Waals surface area (Å²) in [6, 6.07) is 12.8. The minimum Gasteiger partial charge on any atom is -0.493 e. The van der Waals surface area contributed by atoms with E-state index in [1.54, 1.807) is 32.4 Å². The highest BCUT2D eigenvalue weighted by molar-refractivity contribution is 5.95. The SMILES string of the molecule is CCCCN(CCCC)Cn1c(O)c(N=NC(=O)CO/N=C/c2ccc(OC)c(OC)c2)c2ccccc21. The number of nitrogens with zero attached hydrogens (tertiary/aromatic N) is 5. The Labute approximate surface area is 223 Å². The first-order valence-electron chi connectivity index (χ1n) is 12.9. The number of azo groups is 1. The maximum atomic E-state index is 12.3. The van der Waals surface area contributed by atoms with E-state index in [1.165, 1.54) is 6.21 Å². The average Bonchev–Trinajstić information content (AvgIpc) is 3.21. The summed E-state index contributed by atoms with van der Waals surface area (Å²) in [5, 5.41) is 23.4. The van der Waals surface area contributed by atoms with Gasteiger partial charge in [0.25, 0.3) is 0 Å². The lowest BCUT2D eigenvalue weighted by Crippen LogP contribution is -2.28. The van der Waals surface area contributed by atoms with Gasteiger partial charge in [0.2, 0.25) is 5.88 Å². The molecule has 3 rings (SSSR count). The van der Waals surface area contributed by atoms with Crippen LogP contribution in [0.1, 0.15) is 45.1 Å². The third kappa shape index (κ3) is 7.55. The van der Waals surface area contributed by atoms with Crippen LogP contribution in [0.3, 0.4) is 0 Å². The van der Waals surface area contributed by atoms with Crippen molar-refractivity contribution in [3.05, 3.63) is 48.0 Å². The van der Waals surface area contributed by atoms with Gasteiger partial charge in [-0.3, -0.25) is 14.3 Å². The topological polar surface area (TPSA) is 110 Å². The maximum absolute atomic E-state index is 12.3. The number of ether oxygens (including phenoxy) is 2. The third-order valence-corrected chi connectivity index (χ3v) is 6.05. The summed E-state index contributed by atoms with van der Waals surface area (Å²) in [5.74, 6) is 0.505. The summed E-state index contributed by atoms with van der Waals surface area (Å²) in [5.41, 5.74) is 1.80. The second-order valence-corrected chi connectivity index (χ2v) is 8.80. The molecule has 0 saturated carbocycles. The summed E-state index contributed by atoms with van der Waals surface area (Å²) in [4.78, 5) is 19.7. The number of hydrogen-bond acceptors (Lipinski definition) is 8. The van der Waals surface area contributed by atoms with Gasteiger partial charge in [-0.05, 0) is 50.2 Å². The highest BCUT2D eigenvalue weighted by atomic mass is 16.6. The van der Waals surface area contributed by atoms with Crippen molar-refractivity contribution in [1.29, 1.82) is 0 Å². The van der Waals surface area contributed by atoms with Crippen LogP contribution in [0.25, 0.3) is 10.9 Å². The van der Waals surface area contributed by atoms with Crippen molar-refractivity contribution >= 4 is 28.7 Å². The molecule has 0 radical (unpaired) electrons. The van der Waals surface area contributed by atoms with Gasteiger partial charge in [0.1, 0.15) is 0 Å². The normalized spacial score (nSPS) is 11.7. The fourth-order valence-corrected chi connectivity index (χ4v) is 3.99. The molecule has 10 nitrogen and oxygen atoms in total. The van der Waals surface area contributed by atoms with Crippen LogP contribution in [0, 0.1) is 0 Å². The number of oxime groups is 1. The van der Waals surface area contributed by atoms with Crippen molar-refractivity contribution < 1.29 is 24.2 Å². The molecule has 1 amide bonds. The van der Waals surface area contributed by atoms with Crippen molar-refractivity contribution in [1.82, 2.24) is 9.47 Å². The number of unbranched alkanes of at least 4 members (excludes halogenated alkanes) is 2. The molecule has 0 aliphatic carbocycles. The van der Waals surface area contributed by atoms with Crippen LogP contribution in [-0.2, 0) is 16.3 Å². The zero-order valence-corrected chi connectivity index (χ0v) is 22.6. The fraction of sp³-hybridized carbons (Fsp3) is 0.429. The van der Waals surface area contributed by atoms with Crippen LogP contribution >= 0.6 is 0 Å². The predicted octanol–water partition coefficient (Wildman–Crippen LogP) is 5.88. The van der Waals surface area contributed by atoms with E-state index in [0.29, 0.717) is 23.7 Å². The number of aromatic hydroxyl groups is 1. The zero-order chi connectivity index (χ0) is 27.3. The number of aromatic nitrogens is 1. The number of fused-ring (bicyclic) bond motifs is 1. The molecule has 1 heterocycles. The van der Waals surface area contributed by atoms with Crippen LogP contribution in [0.4, 0.5) is 5.69 Å². The lowest BCUT2D eigenvalue weighted by Gasteiger charge is -2.23. The van der Waals surface area contributed by atoms with Gasteiger partial charge in [-0.15, -0.1) is 10.2 Å². The largest absolute Gasteiger partial charge is 0.493 e. The van der Waals surface area contributed by atoms with Crippen LogP contribution < -0.4 is 9.47 Å². The van der Waals surface area contributed by atoms with Crippen molar-refractivity contribution in [2.24, 2.45) is 15.4 Å². The first kappa shape index (κ1) is 28.6. The first-order chi connectivity index (χ1) is 18.5. The number of methoxy groups -OCH3 is 2. The van der Waals surface area contributed by atoms with E-state index in [-0.39, 0.29) is 11.6 Å². The van der Waals surface area contributed by atoms with Gasteiger partial charge >= 0.3 is 5.91 Å². The number of carbonyl (C=O) groups is 1. The van der Waals surface area contributed by atoms with Crippen LogP contribution in [0.2, 0.25) is 0 Å². The molecule has 10 heteroatoms. The van der Waals surface area contributed by atoms with Crippen LogP contribution in [0.5, 0.6) is 17.4 Å². The molecule has 204 valence electrons. The molecular formula is C28H37N5O5. The number of para-hydroxylation sites is 1. The second kappa shape index (κ2) is 14.7. The molecule has 1 aromatic heterocycles. The molecule has 0 fully saturated rings. The van der Waals surface area contributed by atoms with Gasteiger partial charge in [-0.25, -0.2) is 0 Å². The second-order valence-electron chi connectivity index (χ2n) is 8.80. The molecular weight excluding hydrogens is 486 g/mol. The van der Waals surface area contributed by atoms with E-state index in [1.807, 2.05) is 28.8 Å². The maximum Gasteiger partial charge on any atom is 0.304 e. The molecule has 0 unspecified atom stereocenters. The Balaban J connectivity index is 1.69. The highest BCUT2D eigenvalue weighted by Gasteiger charge is 2.18. The zero-order valence-electron chi connectivity index (χ0n) is 22.6. The number of hydrogen-bond donors (Lipinski definition) is 1. The lowest BCUT2D eigenvalue weighted by atomic mass is 10.2. The predicted molar refractivity (Wildman–Crippen MR) is 148 cm³/mol. The van der Waals surface area contributed by atoms with Gasteiger partial charge in [-0.2, -0.15) is 0 Å². The first-order valence-corrected chi connectivity index (χ1v) is 12.9. The van der Waals surface area contributed by atoms with E-state index < -0.39 is 12.5 Å². The molecule has 0 saturated heterocycles. The molecule has 2 aromatic carbocycles. The molecule has 0 atom stereocenters. The molecule has 0 bridgehead atoms. The summed E-state index contributed by atoms with van der Waals surface area (Å²) in [7, 11) is 3.10. The molecule has 0 aliphatic heterocycles. The van der Waals surface area contributed by atoms with Crippen molar-refractivity contribution in [2.45, 2.75) is 46.2 Å². The van der Waals surface area contributed by atoms with E-state index >= 15 is 0 Å². The molecule has 3 aromatic rings. The third-order valence-electron chi connectivity index (χ3n) is 6.05. The summed E-state index contributed by atoms with van der Waals surface area (Å²) < 4.78 is 12.3. The number of rotatable bonds is 15. The molecule has 38 heavy (non-hydrogen) atoms. The Kier molecular flexibility index (Phi) is 11.1. The smallest absolute Gasteiger partial charge is 0.304 e. The summed E-state index contributed by atoms with van der Waals surface area (Å²) in [6.07, 6.45) is 5.82. The standard InChI is InChI=1S/C28H37N5O5/c1-5-7-15-32(16-8-6-2)20-33-23-12-10-9-11-22(23)27(28(33)35)31-30-26(34)19-38-29-18-21-13-14-24(36-3)25(17-21)37-4/h9-14,17-18,35H,5-8,15-16,19-20H2,1-4H3/b29-18+,31-30?. The Morgan fingerprint density at radius 2 is 1.74 bits per heavy atom. The average molecular weight is 524 g/mol. The molecule has 1 N–H and O–H groups in total. The Bertz CT molecular complexity index is 1250. The van der Waals surface area contributed by atoms with Gasteiger partial charge in [0.15, 0.2) is 23.8 Å². The molecule has 0 spiro atoms. The van der Waals surface area contributed by atoms with Crippen molar-refractivity contribution in [2.75, 3.05) is 33.9 Å². The van der Waals surface area contributed by atoms with Gasteiger partial charge in [-0.1, -0.05) is 50.0 Å². The number of carbonyl (C=O) groups excluding carboxylic acids is 1. The minimum atomic E-state index is -0.627. The van der Waals surface area contributed by atoms with E-state index in [0.717, 1.165) is 49.7 Å². The minimum absolute atomic E-state index is 0.0202. The lowest BCUT2D eigenvalue weighted by molar-refractivity contribution is -0.122. The van der Waals surface area contributed by atoms with E-state index in [2.05, 4.69) is 34.1 Å². The van der Waals surface area contributed by atoms with Crippen molar-refractivity contribution in [3.8, 4) is 17.4 Å². The van der Waals surface area contributed by atoms with Crippen LogP contribution in [-0.4, -0.2) is 60.6 Å². The summed E-state index contributed by atoms with van der Waals surface area (Å²) in [6.45, 7) is 6.36. The van der Waals surface area contributed by atoms with Gasteiger partial charge in [0.05, 0.1) is 32.6 Å². The Morgan fingerprint density at radius 1 is 1.03 bits per heavy atom. The van der Waals surface area contributed by atoms with Gasteiger partial charge < -0.3 is 19.4 Å². The molecule has 0 aliphatic rings. The van der Waals surface area contributed by atoms with E-state index in [4.69, 9.17) is 14.3 Å². The number of benzene rings is 2. The highest BCUT2D eigenvalue weighted by Crippen LogP contribution is 2.39. The Hall–Kier alpha value is -3.92. The van der Waals surface area contributed by atoms with Crippen molar-refractivity contribution in [3.63, 3.8) is 0 Å².